The first-order chi connectivity index (χ1) is 14.4. The maximum absolute atomic E-state index is 12.3. The predicted molar refractivity (Wildman–Crippen MR) is 110 cm³/mol. The summed E-state index contributed by atoms with van der Waals surface area (Å²) in [7, 11) is -0.734. The molecule has 1 aromatic carbocycles. The van der Waals surface area contributed by atoms with Crippen LogP contribution in [0, 0.1) is 0 Å². The summed E-state index contributed by atoms with van der Waals surface area (Å²) in [6.07, 6.45) is 0. The number of furan rings is 1. The monoisotopic (exact) mass is 437 g/mol. The first-order valence-electron chi connectivity index (χ1n) is 9.68. The molecule has 10 heteroatoms. The minimum atomic E-state index is -3.61. The van der Waals surface area contributed by atoms with Gasteiger partial charge in [-0.25, -0.2) is 12.7 Å². The van der Waals surface area contributed by atoms with Crippen LogP contribution in [0.4, 0.5) is 0 Å². The van der Waals surface area contributed by atoms with Crippen molar-refractivity contribution < 1.29 is 27.1 Å². The number of sulfonamides is 1. The van der Waals surface area contributed by atoms with E-state index in [2.05, 4.69) is 10.2 Å². The fourth-order valence-corrected chi connectivity index (χ4v) is 3.68. The van der Waals surface area contributed by atoms with Crippen LogP contribution in [0.25, 0.3) is 0 Å². The van der Waals surface area contributed by atoms with Crippen LogP contribution in [0.2, 0.25) is 0 Å². The molecular formula is C20H27N3O6S. The van der Waals surface area contributed by atoms with Crippen LogP contribution in [0.3, 0.4) is 0 Å². The van der Waals surface area contributed by atoms with Gasteiger partial charge in [0.05, 0.1) is 13.2 Å². The van der Waals surface area contributed by atoms with Crippen LogP contribution in [-0.2, 0) is 21.4 Å². The molecule has 2 heterocycles. The minimum absolute atomic E-state index is 0.0774. The topological polar surface area (TPSA) is 101 Å². The highest BCUT2D eigenvalue weighted by Crippen LogP contribution is 2.19. The van der Waals surface area contributed by atoms with E-state index in [0.717, 1.165) is 37.2 Å². The predicted octanol–water partition coefficient (Wildman–Crippen LogP) is 1.17. The number of nitrogens with one attached hydrogen (secondary N) is 1. The zero-order chi connectivity index (χ0) is 21.6. The molecule has 1 aromatic heterocycles. The van der Waals surface area contributed by atoms with Crippen LogP contribution in [0.15, 0.2) is 45.9 Å². The molecule has 1 fully saturated rings. The summed E-state index contributed by atoms with van der Waals surface area (Å²) in [5.41, 5.74) is 0.543. The van der Waals surface area contributed by atoms with Crippen molar-refractivity contribution in [3.05, 3.63) is 47.7 Å². The number of carbonyl (C=O) groups excluding carboxylic acids is 1. The van der Waals surface area contributed by atoms with E-state index in [9.17, 15) is 13.2 Å². The lowest BCUT2D eigenvalue weighted by Gasteiger charge is -2.26. The largest absolute Gasteiger partial charge is 0.486 e. The van der Waals surface area contributed by atoms with Gasteiger partial charge in [-0.2, -0.15) is 0 Å². The maximum Gasteiger partial charge on any atom is 0.275 e. The SMILES string of the molecule is CN(C)S(=O)(=O)c1ccc(COc2ccc(C(=O)NCCN3CCOCC3)cc2)o1. The molecule has 0 bridgehead atoms. The molecular weight excluding hydrogens is 410 g/mol. The summed E-state index contributed by atoms with van der Waals surface area (Å²) in [6, 6.07) is 9.71. The van der Waals surface area contributed by atoms with E-state index in [-0.39, 0.29) is 17.6 Å². The quantitative estimate of drug-likeness (QED) is 0.628. The second kappa shape index (κ2) is 10.1. The van der Waals surface area contributed by atoms with Crippen molar-refractivity contribution >= 4 is 15.9 Å². The Morgan fingerprint density at radius 1 is 1.13 bits per heavy atom. The Morgan fingerprint density at radius 2 is 1.83 bits per heavy atom. The van der Waals surface area contributed by atoms with E-state index in [0.29, 0.717) is 23.6 Å². The zero-order valence-corrected chi connectivity index (χ0v) is 18.0. The normalized spacial score (nSPS) is 15.3. The Balaban J connectivity index is 1.46. The van der Waals surface area contributed by atoms with E-state index >= 15 is 0 Å². The van der Waals surface area contributed by atoms with Crippen molar-refractivity contribution in [3.8, 4) is 5.75 Å². The molecule has 3 rings (SSSR count). The van der Waals surface area contributed by atoms with Gasteiger partial charge in [-0.3, -0.25) is 9.69 Å². The summed E-state index contributed by atoms with van der Waals surface area (Å²) in [5, 5.41) is 2.78. The van der Waals surface area contributed by atoms with Gasteiger partial charge in [0.25, 0.3) is 15.9 Å². The van der Waals surface area contributed by atoms with Crippen LogP contribution < -0.4 is 10.1 Å². The Kier molecular flexibility index (Phi) is 7.48. The molecule has 1 aliphatic rings. The lowest BCUT2D eigenvalue weighted by Crippen LogP contribution is -2.41. The van der Waals surface area contributed by atoms with Crippen molar-refractivity contribution in [1.29, 1.82) is 0 Å². The minimum Gasteiger partial charge on any atom is -0.486 e. The van der Waals surface area contributed by atoms with Crippen LogP contribution >= 0.6 is 0 Å². The average Bonchev–Trinajstić information content (AvgIpc) is 3.23. The molecule has 1 amide bonds. The molecule has 2 aromatic rings. The first-order valence-corrected chi connectivity index (χ1v) is 11.1. The number of hydrogen-bond donors (Lipinski definition) is 1. The maximum atomic E-state index is 12.3. The van der Waals surface area contributed by atoms with Gasteiger partial charge < -0.3 is 19.2 Å². The summed E-state index contributed by atoms with van der Waals surface area (Å²) < 4.78 is 41.4. The number of benzene rings is 1. The summed E-state index contributed by atoms with van der Waals surface area (Å²) in [5.74, 6) is 0.799. The fraction of sp³-hybridized carbons (Fsp3) is 0.450. The molecule has 0 atom stereocenters. The average molecular weight is 438 g/mol. The third-order valence-corrected chi connectivity index (χ3v) is 6.38. The Labute approximate surface area is 176 Å². The van der Waals surface area contributed by atoms with E-state index in [1.165, 1.54) is 20.2 Å². The second-order valence-electron chi connectivity index (χ2n) is 7.03. The van der Waals surface area contributed by atoms with Crippen molar-refractivity contribution in [2.45, 2.75) is 11.7 Å². The number of ether oxygens (including phenoxy) is 2. The highest BCUT2D eigenvalue weighted by molar-refractivity contribution is 7.88. The molecule has 0 radical (unpaired) electrons. The van der Waals surface area contributed by atoms with E-state index in [1.54, 1.807) is 30.3 Å². The van der Waals surface area contributed by atoms with Gasteiger partial charge in [-0.15, -0.1) is 0 Å². The fourth-order valence-electron chi connectivity index (χ4n) is 2.87. The number of hydrogen-bond acceptors (Lipinski definition) is 7. The third kappa shape index (κ3) is 5.82. The molecule has 0 aliphatic carbocycles. The third-order valence-electron chi connectivity index (χ3n) is 4.69. The molecule has 0 unspecified atom stereocenters. The van der Waals surface area contributed by atoms with Gasteiger partial charge in [-0.05, 0) is 36.4 Å². The van der Waals surface area contributed by atoms with Crippen LogP contribution in [0.1, 0.15) is 16.1 Å². The number of amides is 1. The molecule has 30 heavy (non-hydrogen) atoms. The van der Waals surface area contributed by atoms with Gasteiger partial charge in [0.2, 0.25) is 5.09 Å². The lowest BCUT2D eigenvalue weighted by atomic mass is 10.2. The van der Waals surface area contributed by atoms with E-state index < -0.39 is 10.0 Å². The van der Waals surface area contributed by atoms with E-state index in [1.807, 2.05) is 0 Å². The molecule has 1 saturated heterocycles. The van der Waals surface area contributed by atoms with Crippen LogP contribution in [0.5, 0.6) is 5.75 Å². The molecule has 1 aliphatic heterocycles. The van der Waals surface area contributed by atoms with Crippen molar-refractivity contribution in [3.63, 3.8) is 0 Å². The Morgan fingerprint density at radius 3 is 2.50 bits per heavy atom. The molecule has 0 spiro atoms. The van der Waals surface area contributed by atoms with Gasteiger partial charge in [0.15, 0.2) is 0 Å². The Bertz CT molecular complexity index is 934. The van der Waals surface area contributed by atoms with Gasteiger partial charge >= 0.3 is 0 Å². The highest BCUT2D eigenvalue weighted by atomic mass is 32.2. The van der Waals surface area contributed by atoms with Gasteiger partial charge in [-0.1, -0.05) is 0 Å². The summed E-state index contributed by atoms with van der Waals surface area (Å²) >= 11 is 0. The second-order valence-corrected chi connectivity index (χ2v) is 9.11. The standard InChI is InChI=1S/C20H27N3O6S/c1-22(2)30(25,26)19-8-7-18(29-19)15-28-17-5-3-16(4-6-17)20(24)21-9-10-23-11-13-27-14-12-23/h3-8H,9-15H2,1-2H3,(H,21,24). The smallest absolute Gasteiger partial charge is 0.275 e. The van der Waals surface area contributed by atoms with Crippen molar-refractivity contribution in [1.82, 2.24) is 14.5 Å². The Hall–Kier alpha value is -2.40. The molecule has 164 valence electrons. The first kappa shape index (κ1) is 22.3. The zero-order valence-electron chi connectivity index (χ0n) is 17.2. The highest BCUT2D eigenvalue weighted by Gasteiger charge is 2.21. The van der Waals surface area contributed by atoms with Crippen molar-refractivity contribution in [2.24, 2.45) is 0 Å². The van der Waals surface area contributed by atoms with Crippen LogP contribution in [-0.4, -0.2) is 77.0 Å². The molecule has 9 nitrogen and oxygen atoms in total. The summed E-state index contributed by atoms with van der Waals surface area (Å²) in [4.78, 5) is 14.5. The number of nitrogens with zero attached hydrogens (tertiary/aromatic N) is 2. The van der Waals surface area contributed by atoms with Crippen molar-refractivity contribution in [2.75, 3.05) is 53.5 Å². The number of carbonyl (C=O) groups is 1. The van der Waals surface area contributed by atoms with Gasteiger partial charge in [0.1, 0.15) is 18.1 Å². The number of morpholine rings is 1. The van der Waals surface area contributed by atoms with Gasteiger partial charge in [0, 0.05) is 45.8 Å². The molecule has 1 N–H and O–H groups in total. The van der Waals surface area contributed by atoms with E-state index in [4.69, 9.17) is 13.9 Å². The molecule has 0 saturated carbocycles. The lowest BCUT2D eigenvalue weighted by molar-refractivity contribution is 0.0383. The summed E-state index contributed by atoms with van der Waals surface area (Å²) in [6.45, 7) is 4.70. The number of rotatable bonds is 9.